The van der Waals surface area contributed by atoms with Crippen molar-refractivity contribution in [3.8, 4) is 0 Å². The molecule has 0 saturated heterocycles. The largest absolute Gasteiger partial charge is 0.478 e. The minimum absolute atomic E-state index is 0.176. The van der Waals surface area contributed by atoms with Crippen molar-refractivity contribution in [1.29, 1.82) is 0 Å². The molecule has 180 valence electrons. The molecule has 0 saturated carbocycles. The summed E-state index contributed by atoms with van der Waals surface area (Å²) in [7, 11) is 0. The summed E-state index contributed by atoms with van der Waals surface area (Å²) < 4.78 is 0. The first kappa shape index (κ1) is 31.4. The molecule has 0 aliphatic carbocycles. The number of carboxylic acids is 1. The molecule has 0 fully saturated rings. The van der Waals surface area contributed by atoms with Crippen LogP contribution in [-0.2, 0) is 4.79 Å². The highest BCUT2D eigenvalue weighted by Crippen LogP contribution is 2.19. The average Bonchev–Trinajstić information content (AvgIpc) is 2.71. The second-order valence-electron chi connectivity index (χ2n) is 9.42. The smallest absolute Gasteiger partial charge is 0.330 e. The Balaban J connectivity index is 0. The van der Waals surface area contributed by atoms with Gasteiger partial charge in [0.1, 0.15) is 0 Å². The highest BCUT2D eigenvalue weighted by Gasteiger charge is 2.02. The van der Waals surface area contributed by atoms with Crippen molar-refractivity contribution in [3.63, 3.8) is 0 Å². The van der Waals surface area contributed by atoms with Gasteiger partial charge in [-0.3, -0.25) is 0 Å². The lowest BCUT2D eigenvalue weighted by molar-refractivity contribution is -0.132. The summed E-state index contributed by atoms with van der Waals surface area (Å²) in [6, 6.07) is 0. The summed E-state index contributed by atoms with van der Waals surface area (Å²) in [5.74, 6) is 0.0362. The number of carbonyl (C=O) groups is 1. The van der Waals surface area contributed by atoms with Crippen molar-refractivity contribution in [2.45, 2.75) is 156 Å². The van der Waals surface area contributed by atoms with Gasteiger partial charge in [-0.1, -0.05) is 156 Å². The summed E-state index contributed by atoms with van der Waals surface area (Å²) in [4.78, 5) is 9.60. The number of rotatable bonds is 21. The van der Waals surface area contributed by atoms with Gasteiger partial charge >= 0.3 is 5.97 Å². The zero-order valence-electron chi connectivity index (χ0n) is 21.3. The number of aliphatic carboxylic acids is 1. The topological polar surface area (TPSA) is 37.3 Å². The maximum absolute atomic E-state index is 9.60. The summed E-state index contributed by atoms with van der Waals surface area (Å²) >= 11 is 0. The molecule has 0 spiro atoms. The predicted octanol–water partition coefficient (Wildman–Crippen LogP) is 10.1. The molecule has 0 aliphatic heterocycles. The van der Waals surface area contributed by atoms with Gasteiger partial charge in [-0.15, -0.1) is 0 Å². The van der Waals surface area contributed by atoms with Gasteiger partial charge in [-0.2, -0.15) is 0 Å². The molecule has 1 atom stereocenters. The van der Waals surface area contributed by atoms with Crippen LogP contribution in [-0.4, -0.2) is 11.1 Å². The van der Waals surface area contributed by atoms with E-state index in [1.54, 1.807) is 0 Å². The lowest BCUT2D eigenvalue weighted by Crippen LogP contribution is -1.95. The van der Waals surface area contributed by atoms with Gasteiger partial charge in [-0.25, -0.2) is 4.79 Å². The van der Waals surface area contributed by atoms with Crippen molar-refractivity contribution in [2.24, 2.45) is 5.92 Å². The summed E-state index contributed by atoms with van der Waals surface area (Å²) in [6.07, 6.45) is 29.3. The minimum Gasteiger partial charge on any atom is -0.478 e. The third kappa shape index (κ3) is 29.4. The van der Waals surface area contributed by atoms with E-state index in [0.717, 1.165) is 5.92 Å². The zero-order valence-corrected chi connectivity index (χ0v) is 21.3. The Morgan fingerprint density at radius 3 is 1.10 bits per heavy atom. The molecule has 0 aromatic carbocycles. The highest BCUT2D eigenvalue weighted by atomic mass is 16.4. The van der Waals surface area contributed by atoms with Crippen LogP contribution >= 0.6 is 0 Å². The monoisotopic (exact) mass is 424 g/mol. The van der Waals surface area contributed by atoms with Crippen LogP contribution in [0.15, 0.2) is 12.2 Å². The molecule has 1 unspecified atom stereocenters. The van der Waals surface area contributed by atoms with E-state index in [1.807, 2.05) is 0 Å². The summed E-state index contributed by atoms with van der Waals surface area (Å²) in [5, 5.41) is 7.89. The van der Waals surface area contributed by atoms with Crippen molar-refractivity contribution in [2.75, 3.05) is 0 Å². The van der Waals surface area contributed by atoms with E-state index < -0.39 is 5.97 Å². The molecule has 2 nitrogen and oxygen atoms in total. The van der Waals surface area contributed by atoms with Crippen molar-refractivity contribution in [3.05, 3.63) is 12.2 Å². The standard InChI is InChI=1S/C24H50.C4H6O2/c1-4-6-8-10-12-14-15-17-19-21-23-24(3)22-20-18-16-13-11-9-7-5-2;1-3(2)4(5)6/h24H,4-23H2,1-3H3;1H2,2H3,(H,5,6). The molecule has 0 aromatic rings. The van der Waals surface area contributed by atoms with Crippen molar-refractivity contribution >= 4 is 5.97 Å². The van der Waals surface area contributed by atoms with Crippen molar-refractivity contribution < 1.29 is 9.90 Å². The second-order valence-corrected chi connectivity index (χ2v) is 9.42. The molecule has 2 heteroatoms. The maximum Gasteiger partial charge on any atom is 0.330 e. The molecule has 0 aromatic heterocycles. The Labute approximate surface area is 190 Å². The molecule has 30 heavy (non-hydrogen) atoms. The van der Waals surface area contributed by atoms with Crippen LogP contribution in [0, 0.1) is 5.92 Å². The SMILES string of the molecule is C=C(C)C(=O)O.CCCCCCCCCCCCC(C)CCCCCCCCCC. The van der Waals surface area contributed by atoms with Crippen LogP contribution in [0.1, 0.15) is 156 Å². The second kappa shape index (κ2) is 26.2. The lowest BCUT2D eigenvalue weighted by atomic mass is 9.95. The van der Waals surface area contributed by atoms with Gasteiger partial charge in [0.25, 0.3) is 0 Å². The Morgan fingerprint density at radius 2 is 0.867 bits per heavy atom. The van der Waals surface area contributed by atoms with E-state index in [1.165, 1.54) is 135 Å². The predicted molar refractivity (Wildman–Crippen MR) is 135 cm³/mol. The molecule has 0 rings (SSSR count). The highest BCUT2D eigenvalue weighted by molar-refractivity contribution is 5.84. The number of hydrogen-bond donors (Lipinski definition) is 1. The molecule has 0 heterocycles. The maximum atomic E-state index is 9.60. The lowest BCUT2D eigenvalue weighted by Gasteiger charge is -2.11. The third-order valence-corrected chi connectivity index (χ3v) is 5.97. The van der Waals surface area contributed by atoms with Crippen LogP contribution in [0.4, 0.5) is 0 Å². The Bertz CT molecular complexity index is 350. The van der Waals surface area contributed by atoms with Crippen LogP contribution in [0.5, 0.6) is 0 Å². The van der Waals surface area contributed by atoms with Gasteiger partial charge < -0.3 is 5.11 Å². The van der Waals surface area contributed by atoms with E-state index in [4.69, 9.17) is 5.11 Å². The summed E-state index contributed by atoms with van der Waals surface area (Å²) in [6.45, 7) is 11.7. The van der Waals surface area contributed by atoms with E-state index in [-0.39, 0.29) is 5.57 Å². The van der Waals surface area contributed by atoms with Gasteiger partial charge in [-0.05, 0) is 12.8 Å². The molecule has 0 radical (unpaired) electrons. The summed E-state index contributed by atoms with van der Waals surface area (Å²) in [5.41, 5.74) is 0.176. The fraction of sp³-hybridized carbons (Fsp3) is 0.893. The number of hydrogen-bond acceptors (Lipinski definition) is 1. The average molecular weight is 425 g/mol. The third-order valence-electron chi connectivity index (χ3n) is 5.97. The molecule has 1 N–H and O–H groups in total. The Kier molecular flexibility index (Phi) is 27.5. The quantitative estimate of drug-likeness (QED) is 0.147. The van der Waals surface area contributed by atoms with Crippen LogP contribution in [0.25, 0.3) is 0 Å². The Morgan fingerprint density at radius 1 is 0.633 bits per heavy atom. The van der Waals surface area contributed by atoms with Crippen LogP contribution < -0.4 is 0 Å². The first-order valence-corrected chi connectivity index (χ1v) is 13.3. The van der Waals surface area contributed by atoms with Crippen LogP contribution in [0.2, 0.25) is 0 Å². The van der Waals surface area contributed by atoms with Gasteiger partial charge in [0.15, 0.2) is 0 Å². The van der Waals surface area contributed by atoms with E-state index in [0.29, 0.717) is 0 Å². The molecule has 0 bridgehead atoms. The first-order chi connectivity index (χ1) is 14.5. The van der Waals surface area contributed by atoms with Gasteiger partial charge in [0, 0.05) is 5.57 Å². The first-order valence-electron chi connectivity index (χ1n) is 13.3. The zero-order chi connectivity index (χ0) is 22.9. The van der Waals surface area contributed by atoms with E-state index in [9.17, 15) is 4.79 Å². The fourth-order valence-electron chi connectivity index (χ4n) is 3.75. The number of carboxylic acid groups (broad SMARTS) is 1. The number of unbranched alkanes of at least 4 members (excludes halogenated alkanes) is 16. The fourth-order valence-corrected chi connectivity index (χ4v) is 3.75. The van der Waals surface area contributed by atoms with Gasteiger partial charge in [0.2, 0.25) is 0 Å². The molecule has 0 amide bonds. The van der Waals surface area contributed by atoms with Crippen molar-refractivity contribution in [1.82, 2.24) is 0 Å². The van der Waals surface area contributed by atoms with E-state index >= 15 is 0 Å². The normalized spacial score (nSPS) is 11.6. The van der Waals surface area contributed by atoms with Gasteiger partial charge in [0.05, 0.1) is 0 Å². The molecular formula is C28H56O2. The van der Waals surface area contributed by atoms with E-state index in [2.05, 4.69) is 27.4 Å². The molecule has 0 aliphatic rings. The minimum atomic E-state index is -0.935. The Hall–Kier alpha value is -0.790. The molecular weight excluding hydrogens is 368 g/mol. The van der Waals surface area contributed by atoms with Crippen LogP contribution in [0.3, 0.4) is 0 Å².